The summed E-state index contributed by atoms with van der Waals surface area (Å²) in [6, 6.07) is 66.9. The Labute approximate surface area is 305 Å². The normalized spacial score (nSPS) is 11.8. The molecular weight excluding hydrogens is 647 g/mol. The van der Waals surface area contributed by atoms with Crippen LogP contribution < -0.4 is 4.90 Å². The highest BCUT2D eigenvalue weighted by molar-refractivity contribution is 6.20. The van der Waals surface area contributed by atoms with Gasteiger partial charge >= 0.3 is 0 Å². The second-order valence-electron chi connectivity index (χ2n) is 13.7. The molecule has 0 saturated heterocycles. The molecule has 2 aromatic heterocycles. The fraction of sp³-hybridized carbons (Fsp3) is 0. The van der Waals surface area contributed by atoms with E-state index in [2.05, 4.69) is 181 Å². The topological polar surface area (TPSA) is 29.5 Å². The van der Waals surface area contributed by atoms with Gasteiger partial charge in [-0.15, -0.1) is 0 Å². The molecule has 0 spiro atoms. The maximum atomic E-state index is 6.73. The van der Waals surface area contributed by atoms with Crippen LogP contribution in [0, 0.1) is 0 Å². The number of benzene rings is 9. The highest BCUT2D eigenvalue weighted by Gasteiger charge is 2.23. The Morgan fingerprint density at radius 1 is 0.340 bits per heavy atom. The lowest BCUT2D eigenvalue weighted by atomic mass is 9.96. The summed E-state index contributed by atoms with van der Waals surface area (Å²) >= 11 is 0. The van der Waals surface area contributed by atoms with E-state index >= 15 is 0 Å². The number of furan rings is 2. The van der Waals surface area contributed by atoms with Gasteiger partial charge in [-0.2, -0.15) is 0 Å². The van der Waals surface area contributed by atoms with Gasteiger partial charge in [0, 0.05) is 32.8 Å². The lowest BCUT2D eigenvalue weighted by molar-refractivity contribution is 0.669. The van der Waals surface area contributed by atoms with Crippen LogP contribution in [0.5, 0.6) is 0 Å². The Morgan fingerprint density at radius 3 is 1.91 bits per heavy atom. The van der Waals surface area contributed by atoms with Gasteiger partial charge < -0.3 is 13.7 Å². The van der Waals surface area contributed by atoms with Crippen LogP contribution in [0.15, 0.2) is 197 Å². The van der Waals surface area contributed by atoms with Crippen LogP contribution in [0.4, 0.5) is 17.1 Å². The van der Waals surface area contributed by atoms with E-state index in [-0.39, 0.29) is 0 Å². The highest BCUT2D eigenvalue weighted by atomic mass is 16.3. The predicted molar refractivity (Wildman–Crippen MR) is 222 cm³/mol. The van der Waals surface area contributed by atoms with Crippen molar-refractivity contribution in [1.29, 1.82) is 0 Å². The van der Waals surface area contributed by atoms with Crippen molar-refractivity contribution >= 4 is 82.5 Å². The fourth-order valence-corrected chi connectivity index (χ4v) is 8.23. The molecule has 3 heteroatoms. The Balaban J connectivity index is 1.19. The van der Waals surface area contributed by atoms with Crippen molar-refractivity contribution in [2.45, 2.75) is 0 Å². The van der Waals surface area contributed by atoms with Crippen molar-refractivity contribution < 1.29 is 8.83 Å². The van der Waals surface area contributed by atoms with Crippen LogP contribution in [0.2, 0.25) is 0 Å². The molecule has 0 unspecified atom stereocenters. The summed E-state index contributed by atoms with van der Waals surface area (Å²) in [6.07, 6.45) is 0. The molecule has 248 valence electrons. The van der Waals surface area contributed by atoms with Crippen molar-refractivity contribution in [1.82, 2.24) is 0 Å². The SMILES string of the molecule is c1cc(-c2cccc3ccccc23)cc(N(c2ccccc2-c2ccc3oc4ccccc4c3c2)c2cccc3oc4c5ccccc5ccc4c23)c1. The summed E-state index contributed by atoms with van der Waals surface area (Å²) in [4.78, 5) is 2.41. The van der Waals surface area contributed by atoms with Gasteiger partial charge in [0.05, 0.1) is 16.8 Å². The number of rotatable bonds is 5. The number of fused-ring (bicyclic) bond motifs is 9. The van der Waals surface area contributed by atoms with Crippen LogP contribution in [0.25, 0.3) is 87.7 Å². The summed E-state index contributed by atoms with van der Waals surface area (Å²) in [7, 11) is 0. The molecule has 9 aromatic carbocycles. The third kappa shape index (κ3) is 4.68. The molecule has 3 nitrogen and oxygen atoms in total. The average molecular weight is 678 g/mol. The van der Waals surface area contributed by atoms with Crippen LogP contribution in [0.3, 0.4) is 0 Å². The van der Waals surface area contributed by atoms with Crippen molar-refractivity contribution in [3.05, 3.63) is 188 Å². The number of nitrogens with zero attached hydrogens (tertiary/aromatic N) is 1. The molecule has 53 heavy (non-hydrogen) atoms. The van der Waals surface area contributed by atoms with Gasteiger partial charge in [0.25, 0.3) is 0 Å². The number of para-hydroxylation sites is 2. The highest BCUT2D eigenvalue weighted by Crippen LogP contribution is 2.48. The molecular formula is C50H31NO2. The van der Waals surface area contributed by atoms with Crippen molar-refractivity contribution in [3.8, 4) is 22.3 Å². The lowest BCUT2D eigenvalue weighted by Crippen LogP contribution is -2.11. The van der Waals surface area contributed by atoms with E-state index in [1.807, 2.05) is 12.1 Å². The van der Waals surface area contributed by atoms with Crippen LogP contribution in [-0.2, 0) is 0 Å². The van der Waals surface area contributed by atoms with E-state index in [9.17, 15) is 0 Å². The molecule has 0 saturated carbocycles. The van der Waals surface area contributed by atoms with Crippen molar-refractivity contribution in [3.63, 3.8) is 0 Å². The molecule has 0 amide bonds. The maximum absolute atomic E-state index is 6.73. The van der Waals surface area contributed by atoms with Gasteiger partial charge in [-0.05, 0) is 87.4 Å². The average Bonchev–Trinajstić information content (AvgIpc) is 3.80. The fourth-order valence-electron chi connectivity index (χ4n) is 8.23. The summed E-state index contributed by atoms with van der Waals surface area (Å²) in [6.45, 7) is 0. The Hall–Kier alpha value is -7.10. The molecule has 0 aliphatic rings. The van der Waals surface area contributed by atoms with Crippen LogP contribution in [-0.4, -0.2) is 0 Å². The van der Waals surface area contributed by atoms with E-state index in [4.69, 9.17) is 8.83 Å². The van der Waals surface area contributed by atoms with E-state index in [0.29, 0.717) is 0 Å². The van der Waals surface area contributed by atoms with Gasteiger partial charge in [0.1, 0.15) is 22.3 Å². The van der Waals surface area contributed by atoms with E-state index in [1.165, 1.54) is 16.3 Å². The molecule has 11 aromatic rings. The molecule has 0 atom stereocenters. The minimum atomic E-state index is 0.854. The van der Waals surface area contributed by atoms with Gasteiger partial charge in [0.2, 0.25) is 0 Å². The zero-order chi connectivity index (χ0) is 34.9. The van der Waals surface area contributed by atoms with Gasteiger partial charge in [-0.1, -0.05) is 133 Å². The predicted octanol–water partition coefficient (Wildman–Crippen LogP) is 14.6. The maximum Gasteiger partial charge on any atom is 0.143 e. The summed E-state index contributed by atoms with van der Waals surface area (Å²) in [5.74, 6) is 0. The molecule has 0 bridgehead atoms. The summed E-state index contributed by atoms with van der Waals surface area (Å²) in [5.41, 5.74) is 11.3. The van der Waals surface area contributed by atoms with Gasteiger partial charge in [0.15, 0.2) is 0 Å². The van der Waals surface area contributed by atoms with Crippen LogP contribution in [0.1, 0.15) is 0 Å². The zero-order valence-corrected chi connectivity index (χ0v) is 28.7. The number of hydrogen-bond donors (Lipinski definition) is 0. The van der Waals surface area contributed by atoms with Gasteiger partial charge in [-0.3, -0.25) is 0 Å². The molecule has 0 fully saturated rings. The second-order valence-corrected chi connectivity index (χ2v) is 13.7. The Morgan fingerprint density at radius 2 is 0.981 bits per heavy atom. The first-order valence-electron chi connectivity index (χ1n) is 18.0. The largest absolute Gasteiger partial charge is 0.456 e. The van der Waals surface area contributed by atoms with E-state index < -0.39 is 0 Å². The number of hydrogen-bond acceptors (Lipinski definition) is 3. The molecule has 0 aliphatic carbocycles. The first-order valence-corrected chi connectivity index (χ1v) is 18.0. The van der Waals surface area contributed by atoms with Crippen molar-refractivity contribution in [2.24, 2.45) is 0 Å². The standard InChI is InChI=1S/C50H31NO2/c1-3-17-37-32(12-1)14-10-21-38(37)34-15-9-16-36(30-34)51(45-23-11-25-48-49(45)42-28-26-33-13-2-4-19-40(33)50(42)53-48)44-22-7-5-18-39(44)35-27-29-47-43(31-35)41-20-6-8-24-46(41)52-47/h1-31H. The quantitative estimate of drug-likeness (QED) is 0.182. The van der Waals surface area contributed by atoms with Crippen molar-refractivity contribution in [2.75, 3.05) is 4.90 Å². The molecule has 0 N–H and O–H groups in total. The minimum absolute atomic E-state index is 0.854. The third-order valence-corrected chi connectivity index (χ3v) is 10.6. The number of anilines is 3. The minimum Gasteiger partial charge on any atom is -0.456 e. The van der Waals surface area contributed by atoms with E-state index in [0.717, 1.165) is 88.4 Å². The van der Waals surface area contributed by atoms with E-state index in [1.54, 1.807) is 0 Å². The zero-order valence-electron chi connectivity index (χ0n) is 28.7. The third-order valence-electron chi connectivity index (χ3n) is 10.6. The van der Waals surface area contributed by atoms with Crippen LogP contribution >= 0.6 is 0 Å². The Bertz CT molecular complexity index is 3200. The molecule has 0 radical (unpaired) electrons. The smallest absolute Gasteiger partial charge is 0.143 e. The first kappa shape index (κ1) is 29.6. The summed E-state index contributed by atoms with van der Waals surface area (Å²) < 4.78 is 13.0. The molecule has 11 rings (SSSR count). The first-order chi connectivity index (χ1) is 26.3. The van der Waals surface area contributed by atoms with Gasteiger partial charge in [-0.25, -0.2) is 0 Å². The monoisotopic (exact) mass is 677 g/mol. The second kappa shape index (κ2) is 11.7. The Kier molecular flexibility index (Phi) is 6.55. The lowest BCUT2D eigenvalue weighted by Gasteiger charge is -2.29. The molecule has 2 heterocycles. The molecule has 0 aliphatic heterocycles. The summed E-state index contributed by atoms with van der Waals surface area (Å²) in [5, 5.41) is 9.11.